The third-order valence-corrected chi connectivity index (χ3v) is 10.3. The molecule has 0 amide bonds. The molecule has 10 heteroatoms. The molecule has 0 radical (unpaired) electrons. The first-order valence-corrected chi connectivity index (χ1v) is 16.5. The van der Waals surface area contributed by atoms with Crippen molar-refractivity contribution < 1.29 is 37.9 Å². The molecule has 0 N–H and O–H groups in total. The Morgan fingerprint density at radius 3 is 0.917 bits per heavy atom. The van der Waals surface area contributed by atoms with Gasteiger partial charge in [-0.15, -0.1) is 0 Å². The zero-order valence-electron chi connectivity index (χ0n) is 27.6. The number of fused-ring (bicyclic) bond motifs is 11. The topological polar surface area (TPSA) is 73.8 Å². The second kappa shape index (κ2) is 12.2. The fraction of sp³-hybridized carbons (Fsp3) is 0.211. The number of hydrogen-bond acceptors (Lipinski definition) is 8. The number of methoxy groups -OCH3 is 8. The molecule has 0 saturated carbocycles. The first-order chi connectivity index (χ1) is 23.3. The van der Waals surface area contributed by atoms with E-state index in [9.17, 15) is 0 Å². The number of ether oxygens (including phenoxy) is 8. The van der Waals surface area contributed by atoms with Crippen LogP contribution in [0, 0.1) is 0 Å². The fourth-order valence-corrected chi connectivity index (χ4v) is 8.34. The summed E-state index contributed by atoms with van der Waals surface area (Å²) in [6.07, 6.45) is 0. The lowest BCUT2D eigenvalue weighted by molar-refractivity contribution is 0.362. The van der Waals surface area contributed by atoms with Crippen LogP contribution in [0.2, 0.25) is 0 Å². The average molecular weight is 776 g/mol. The minimum Gasteiger partial charge on any atom is -0.496 e. The molecule has 0 aliphatic carbocycles. The number of hydrogen-bond donors (Lipinski definition) is 0. The molecule has 7 rings (SSSR count). The summed E-state index contributed by atoms with van der Waals surface area (Å²) >= 11 is 7.51. The van der Waals surface area contributed by atoms with Gasteiger partial charge in [0.05, 0.1) is 65.8 Å². The molecule has 0 fully saturated rings. The van der Waals surface area contributed by atoms with Gasteiger partial charge in [-0.2, -0.15) is 0 Å². The molecule has 7 aromatic rings. The normalized spacial score (nSPS) is 11.5. The third kappa shape index (κ3) is 4.31. The maximum atomic E-state index is 6.15. The largest absolute Gasteiger partial charge is 0.496 e. The lowest BCUT2D eigenvalue weighted by Crippen LogP contribution is -1.99. The van der Waals surface area contributed by atoms with E-state index in [2.05, 4.69) is 31.9 Å². The summed E-state index contributed by atoms with van der Waals surface area (Å²) in [6, 6.07) is 16.0. The average Bonchev–Trinajstić information content (AvgIpc) is 3.11. The van der Waals surface area contributed by atoms with Crippen LogP contribution >= 0.6 is 31.9 Å². The van der Waals surface area contributed by atoms with Crippen LogP contribution in [-0.4, -0.2) is 56.9 Å². The van der Waals surface area contributed by atoms with E-state index in [0.29, 0.717) is 46.0 Å². The molecule has 0 aliphatic heterocycles. The molecule has 0 aliphatic rings. The Bertz CT molecular complexity index is 2300. The Morgan fingerprint density at radius 1 is 0.312 bits per heavy atom. The molecular weight excluding hydrogens is 744 g/mol. The molecular formula is C38H32Br2O8. The molecule has 246 valence electrons. The number of benzene rings is 7. The van der Waals surface area contributed by atoms with E-state index in [0.717, 1.165) is 73.6 Å². The molecule has 48 heavy (non-hydrogen) atoms. The molecule has 8 nitrogen and oxygen atoms in total. The van der Waals surface area contributed by atoms with Crippen molar-refractivity contribution in [3.05, 3.63) is 57.5 Å². The van der Waals surface area contributed by atoms with Crippen LogP contribution in [0.4, 0.5) is 0 Å². The van der Waals surface area contributed by atoms with E-state index >= 15 is 0 Å². The van der Waals surface area contributed by atoms with Crippen LogP contribution in [0.25, 0.3) is 64.6 Å². The van der Waals surface area contributed by atoms with Crippen LogP contribution < -0.4 is 37.9 Å². The fourth-order valence-electron chi connectivity index (χ4n) is 7.21. The number of rotatable bonds is 8. The molecule has 7 aromatic carbocycles. The van der Waals surface area contributed by atoms with E-state index in [1.165, 1.54) is 0 Å². The van der Waals surface area contributed by atoms with Crippen molar-refractivity contribution >= 4 is 96.5 Å². The van der Waals surface area contributed by atoms with Gasteiger partial charge in [0, 0.05) is 64.6 Å². The molecule has 0 heterocycles. The van der Waals surface area contributed by atoms with Crippen molar-refractivity contribution in [2.75, 3.05) is 56.9 Å². The molecule has 0 aromatic heterocycles. The third-order valence-electron chi connectivity index (χ3n) is 9.11. The summed E-state index contributed by atoms with van der Waals surface area (Å²) in [4.78, 5) is 0. The van der Waals surface area contributed by atoms with Gasteiger partial charge < -0.3 is 37.9 Å². The molecule has 0 bridgehead atoms. The van der Waals surface area contributed by atoms with Gasteiger partial charge in [0.2, 0.25) is 0 Å². The van der Waals surface area contributed by atoms with Crippen LogP contribution in [0.1, 0.15) is 0 Å². The second-order valence-electron chi connectivity index (χ2n) is 11.1. The van der Waals surface area contributed by atoms with Gasteiger partial charge in [0.25, 0.3) is 0 Å². The quantitative estimate of drug-likeness (QED) is 0.141. The van der Waals surface area contributed by atoms with Gasteiger partial charge in [0.15, 0.2) is 11.5 Å². The van der Waals surface area contributed by atoms with Crippen molar-refractivity contribution in [1.29, 1.82) is 0 Å². The van der Waals surface area contributed by atoms with E-state index in [1.54, 1.807) is 56.9 Å². The van der Waals surface area contributed by atoms with Gasteiger partial charge in [-0.3, -0.25) is 0 Å². The van der Waals surface area contributed by atoms with E-state index in [-0.39, 0.29) is 0 Å². The SMILES string of the molecule is COc1cc(Br)c(OC)c2c1cc(OC)c1ccc3c(OC)c(OC)c4ccc5c(OC)cc6c(OC)cc(Br)c(OC)c6c5c4c3c12. The molecule has 0 saturated heterocycles. The zero-order valence-corrected chi connectivity index (χ0v) is 30.8. The predicted octanol–water partition coefficient (Wildman–Crippen LogP) is 10.2. The Hall–Kier alpha value is -4.54. The van der Waals surface area contributed by atoms with Gasteiger partial charge in [-0.05, 0) is 80.4 Å². The predicted molar refractivity (Wildman–Crippen MR) is 199 cm³/mol. The Kier molecular flexibility index (Phi) is 8.12. The van der Waals surface area contributed by atoms with Crippen LogP contribution in [0.3, 0.4) is 0 Å². The van der Waals surface area contributed by atoms with Gasteiger partial charge in [-0.1, -0.05) is 0 Å². The summed E-state index contributed by atoms with van der Waals surface area (Å²) in [5.74, 6) is 5.16. The number of halogens is 2. The first-order valence-electron chi connectivity index (χ1n) is 14.9. The minimum atomic E-state index is 0.594. The van der Waals surface area contributed by atoms with Crippen molar-refractivity contribution in [3.63, 3.8) is 0 Å². The summed E-state index contributed by atoms with van der Waals surface area (Å²) in [7, 11) is 13.3. The highest BCUT2D eigenvalue weighted by Crippen LogP contribution is 2.56. The molecule has 0 unspecified atom stereocenters. The van der Waals surface area contributed by atoms with Gasteiger partial charge in [0.1, 0.15) is 34.5 Å². The smallest absolute Gasteiger partial charge is 0.169 e. The van der Waals surface area contributed by atoms with Crippen LogP contribution in [-0.2, 0) is 0 Å². The van der Waals surface area contributed by atoms with Crippen molar-refractivity contribution in [1.82, 2.24) is 0 Å². The van der Waals surface area contributed by atoms with Gasteiger partial charge >= 0.3 is 0 Å². The Labute approximate surface area is 293 Å². The maximum absolute atomic E-state index is 6.15. The van der Waals surface area contributed by atoms with Crippen molar-refractivity contribution in [2.24, 2.45) is 0 Å². The zero-order chi connectivity index (χ0) is 34.0. The maximum Gasteiger partial charge on any atom is 0.169 e. The molecule has 0 spiro atoms. The lowest BCUT2D eigenvalue weighted by Gasteiger charge is -2.23. The highest BCUT2D eigenvalue weighted by Gasteiger charge is 2.27. The highest BCUT2D eigenvalue weighted by molar-refractivity contribution is 9.11. The monoisotopic (exact) mass is 774 g/mol. The van der Waals surface area contributed by atoms with Crippen LogP contribution in [0.15, 0.2) is 57.5 Å². The highest BCUT2D eigenvalue weighted by atomic mass is 79.9. The van der Waals surface area contributed by atoms with Crippen LogP contribution in [0.5, 0.6) is 46.0 Å². The van der Waals surface area contributed by atoms with E-state index < -0.39 is 0 Å². The van der Waals surface area contributed by atoms with Gasteiger partial charge in [-0.25, -0.2) is 0 Å². The summed E-state index contributed by atoms with van der Waals surface area (Å²) < 4.78 is 50.0. The minimum absolute atomic E-state index is 0.594. The second-order valence-corrected chi connectivity index (χ2v) is 12.8. The summed E-state index contributed by atoms with van der Waals surface area (Å²) in [5, 5.41) is 10.3. The Morgan fingerprint density at radius 2 is 0.604 bits per heavy atom. The summed E-state index contributed by atoms with van der Waals surface area (Å²) in [6.45, 7) is 0. The van der Waals surface area contributed by atoms with Crippen molar-refractivity contribution in [2.45, 2.75) is 0 Å². The van der Waals surface area contributed by atoms with Crippen molar-refractivity contribution in [3.8, 4) is 46.0 Å². The van der Waals surface area contributed by atoms with E-state index in [4.69, 9.17) is 37.9 Å². The van der Waals surface area contributed by atoms with E-state index in [1.807, 2.05) is 48.5 Å². The first kappa shape index (κ1) is 32.0. The Balaban J connectivity index is 1.99. The summed E-state index contributed by atoms with van der Waals surface area (Å²) in [5.41, 5.74) is 0. The lowest BCUT2D eigenvalue weighted by atomic mass is 9.87. The standard InChI is InChI=1S/C38H32Br2O8/c1-41-25-13-21-27(43-3)15-23(39)37(47-7)33(21)29-17(25)9-11-19-31(29)32-20(36(46-6)35(19)45-5)12-10-18-26(42-2)14-22-28(44-4)16-24(40)38(48-8)34(22)30(18)32/h9-16H,1-8H3. The molecule has 0 atom stereocenters.